The third-order valence-electron chi connectivity index (χ3n) is 3.49. The van der Waals surface area contributed by atoms with Crippen LogP contribution < -0.4 is 10.1 Å². The highest BCUT2D eigenvalue weighted by Crippen LogP contribution is 2.28. The van der Waals surface area contributed by atoms with E-state index in [9.17, 15) is 0 Å². The first-order chi connectivity index (χ1) is 10.1. The molecule has 0 saturated heterocycles. The van der Waals surface area contributed by atoms with Crippen molar-refractivity contribution < 1.29 is 4.74 Å². The summed E-state index contributed by atoms with van der Waals surface area (Å²) in [5.41, 5.74) is 2.67. The van der Waals surface area contributed by atoms with Crippen LogP contribution in [0.5, 0.6) is 5.75 Å². The van der Waals surface area contributed by atoms with E-state index in [0.29, 0.717) is 6.04 Å². The van der Waals surface area contributed by atoms with Crippen molar-refractivity contribution in [2.45, 2.75) is 52.8 Å². The molecule has 1 atom stereocenters. The van der Waals surface area contributed by atoms with Crippen LogP contribution in [0.3, 0.4) is 0 Å². The number of rotatable bonds is 10. The molecule has 0 aliphatic carbocycles. The molecule has 0 heterocycles. The van der Waals surface area contributed by atoms with Gasteiger partial charge < -0.3 is 10.1 Å². The van der Waals surface area contributed by atoms with Crippen LogP contribution in [0.1, 0.15) is 58.2 Å². The van der Waals surface area contributed by atoms with Crippen LogP contribution in [0.2, 0.25) is 0 Å². The Hall–Kier alpha value is -0.670. The van der Waals surface area contributed by atoms with E-state index >= 15 is 0 Å². The van der Waals surface area contributed by atoms with E-state index in [1.54, 1.807) is 0 Å². The number of nitrogens with one attached hydrogen (secondary N) is 1. The van der Waals surface area contributed by atoms with Gasteiger partial charge >= 0.3 is 0 Å². The second kappa shape index (κ2) is 10.1. The fourth-order valence-corrected chi connectivity index (χ4v) is 3.43. The molecule has 0 aromatic heterocycles. The smallest absolute Gasteiger partial charge is 0.123 e. The summed E-state index contributed by atoms with van der Waals surface area (Å²) in [5, 5.41) is 3.48. The van der Waals surface area contributed by atoms with E-state index < -0.39 is 0 Å². The third-order valence-corrected chi connectivity index (χ3v) is 4.53. The minimum absolute atomic E-state index is 0.394. The standard InChI is InChI=1S/C18H31NOS/c1-6-19-15(5)16-8-9-18(20-7-2)17(12-16)13-21-11-10-14(3)4/h8-9,12,14-15,19H,6-7,10-11,13H2,1-5H3. The molecule has 1 unspecified atom stereocenters. The van der Waals surface area contributed by atoms with Gasteiger partial charge in [0, 0.05) is 17.4 Å². The van der Waals surface area contributed by atoms with Gasteiger partial charge in [-0.2, -0.15) is 11.8 Å². The van der Waals surface area contributed by atoms with Gasteiger partial charge in [0.1, 0.15) is 5.75 Å². The maximum atomic E-state index is 5.78. The van der Waals surface area contributed by atoms with Gasteiger partial charge in [0.15, 0.2) is 0 Å². The zero-order chi connectivity index (χ0) is 15.7. The Morgan fingerprint density at radius 3 is 2.57 bits per heavy atom. The second-order valence-corrected chi connectivity index (χ2v) is 6.92. The Morgan fingerprint density at radius 1 is 1.19 bits per heavy atom. The highest BCUT2D eigenvalue weighted by molar-refractivity contribution is 7.98. The fraction of sp³-hybridized carbons (Fsp3) is 0.667. The molecule has 1 aromatic carbocycles. The summed E-state index contributed by atoms with van der Waals surface area (Å²) >= 11 is 2.01. The van der Waals surface area contributed by atoms with Crippen LogP contribution in [0.4, 0.5) is 0 Å². The van der Waals surface area contributed by atoms with E-state index in [4.69, 9.17) is 4.74 Å². The first-order valence-electron chi connectivity index (χ1n) is 8.15. The molecule has 0 aliphatic rings. The highest BCUT2D eigenvalue weighted by Gasteiger charge is 2.09. The van der Waals surface area contributed by atoms with Crippen LogP contribution in [-0.4, -0.2) is 18.9 Å². The fourth-order valence-electron chi connectivity index (χ4n) is 2.20. The lowest BCUT2D eigenvalue weighted by atomic mass is 10.0. The van der Waals surface area contributed by atoms with Gasteiger partial charge in [-0.1, -0.05) is 26.8 Å². The summed E-state index contributed by atoms with van der Waals surface area (Å²) in [6, 6.07) is 7.01. The maximum Gasteiger partial charge on any atom is 0.123 e. The molecular weight excluding hydrogens is 278 g/mol. The monoisotopic (exact) mass is 309 g/mol. The topological polar surface area (TPSA) is 21.3 Å². The molecule has 0 aliphatic heterocycles. The van der Waals surface area contributed by atoms with Crippen LogP contribution in [-0.2, 0) is 5.75 Å². The van der Waals surface area contributed by atoms with Gasteiger partial charge in [-0.3, -0.25) is 0 Å². The van der Waals surface area contributed by atoms with Gasteiger partial charge in [0.25, 0.3) is 0 Å². The number of hydrogen-bond acceptors (Lipinski definition) is 3. The second-order valence-electron chi connectivity index (χ2n) is 5.81. The number of ether oxygens (including phenoxy) is 1. The number of thioether (sulfide) groups is 1. The van der Waals surface area contributed by atoms with E-state index in [1.165, 1.54) is 23.3 Å². The first kappa shape index (κ1) is 18.4. The van der Waals surface area contributed by atoms with E-state index in [1.807, 2.05) is 18.7 Å². The highest BCUT2D eigenvalue weighted by atomic mass is 32.2. The maximum absolute atomic E-state index is 5.78. The van der Waals surface area contributed by atoms with Crippen LogP contribution >= 0.6 is 11.8 Å². The van der Waals surface area contributed by atoms with Crippen LogP contribution in [0, 0.1) is 5.92 Å². The quantitative estimate of drug-likeness (QED) is 0.612. The Morgan fingerprint density at radius 2 is 1.95 bits per heavy atom. The zero-order valence-corrected chi connectivity index (χ0v) is 15.1. The largest absolute Gasteiger partial charge is 0.494 e. The Bertz CT molecular complexity index is 406. The van der Waals surface area contributed by atoms with Crippen LogP contribution in [0.25, 0.3) is 0 Å². The van der Waals surface area contributed by atoms with Gasteiger partial charge in [-0.25, -0.2) is 0 Å². The molecule has 0 radical (unpaired) electrons. The molecule has 0 spiro atoms. The van der Waals surface area contributed by atoms with Crippen molar-refractivity contribution in [3.05, 3.63) is 29.3 Å². The normalized spacial score (nSPS) is 12.7. The average molecular weight is 310 g/mol. The van der Waals surface area contributed by atoms with Crippen molar-refractivity contribution in [3.8, 4) is 5.75 Å². The lowest BCUT2D eigenvalue weighted by molar-refractivity contribution is 0.337. The molecule has 21 heavy (non-hydrogen) atoms. The molecule has 0 saturated carbocycles. The minimum Gasteiger partial charge on any atom is -0.494 e. The molecule has 0 fully saturated rings. The molecule has 2 nitrogen and oxygen atoms in total. The molecule has 3 heteroatoms. The van der Waals surface area contributed by atoms with Gasteiger partial charge in [-0.05, 0) is 56.2 Å². The lowest BCUT2D eigenvalue weighted by Gasteiger charge is -2.17. The van der Waals surface area contributed by atoms with Gasteiger partial charge in [0.2, 0.25) is 0 Å². The minimum atomic E-state index is 0.394. The Labute approximate surface area is 135 Å². The van der Waals surface area contributed by atoms with Crippen molar-refractivity contribution in [1.82, 2.24) is 5.32 Å². The van der Waals surface area contributed by atoms with Crippen molar-refractivity contribution in [2.24, 2.45) is 5.92 Å². The van der Waals surface area contributed by atoms with E-state index in [2.05, 4.69) is 51.2 Å². The predicted octanol–water partition coefficient (Wildman–Crippen LogP) is 5.04. The van der Waals surface area contributed by atoms with Crippen LogP contribution in [0.15, 0.2) is 18.2 Å². The Balaban J connectivity index is 2.73. The van der Waals surface area contributed by atoms with Crippen molar-refractivity contribution in [3.63, 3.8) is 0 Å². The molecule has 0 amide bonds. The predicted molar refractivity (Wildman–Crippen MR) is 95.3 cm³/mol. The third kappa shape index (κ3) is 6.75. The van der Waals surface area contributed by atoms with Gasteiger partial charge in [0.05, 0.1) is 6.61 Å². The molecule has 1 rings (SSSR count). The number of hydrogen-bond donors (Lipinski definition) is 1. The molecule has 120 valence electrons. The first-order valence-corrected chi connectivity index (χ1v) is 9.30. The summed E-state index contributed by atoms with van der Waals surface area (Å²) in [5.74, 6) is 4.08. The lowest BCUT2D eigenvalue weighted by Crippen LogP contribution is -2.17. The molecule has 0 bridgehead atoms. The van der Waals surface area contributed by atoms with Crippen molar-refractivity contribution in [1.29, 1.82) is 0 Å². The summed E-state index contributed by atoms with van der Waals surface area (Å²) in [4.78, 5) is 0. The Kier molecular flexibility index (Phi) is 8.86. The van der Waals surface area contributed by atoms with Crippen molar-refractivity contribution in [2.75, 3.05) is 18.9 Å². The van der Waals surface area contributed by atoms with E-state index in [-0.39, 0.29) is 0 Å². The SMILES string of the molecule is CCNC(C)c1ccc(OCC)c(CSCCC(C)C)c1. The van der Waals surface area contributed by atoms with Crippen molar-refractivity contribution >= 4 is 11.8 Å². The van der Waals surface area contributed by atoms with E-state index in [0.717, 1.165) is 30.6 Å². The summed E-state index contributed by atoms with van der Waals surface area (Å²) < 4.78 is 5.78. The summed E-state index contributed by atoms with van der Waals surface area (Å²) in [6.45, 7) is 12.7. The average Bonchev–Trinajstić information content (AvgIpc) is 2.45. The number of benzene rings is 1. The molecule has 1 N–H and O–H groups in total. The van der Waals surface area contributed by atoms with Gasteiger partial charge in [-0.15, -0.1) is 0 Å². The summed E-state index contributed by atoms with van der Waals surface area (Å²) in [7, 11) is 0. The molecular formula is C18H31NOS. The zero-order valence-electron chi connectivity index (χ0n) is 14.2. The molecule has 1 aromatic rings. The summed E-state index contributed by atoms with van der Waals surface area (Å²) in [6.07, 6.45) is 1.28.